The molecule has 0 heterocycles. The number of methoxy groups -OCH3 is 1. The molecule has 0 bridgehead atoms. The zero-order valence-corrected chi connectivity index (χ0v) is 15.1. The molecule has 0 saturated carbocycles. The second-order valence-electron chi connectivity index (χ2n) is 5.56. The van der Waals surface area contributed by atoms with Gasteiger partial charge in [-0.2, -0.15) is 0 Å². The number of likely N-dealkylation sites (N-methyl/N-ethyl adjacent to an activating group) is 1. The molecule has 0 aromatic heterocycles. The van der Waals surface area contributed by atoms with Crippen LogP contribution in [0, 0.1) is 0 Å². The Hall–Kier alpha value is -1.88. The number of carbonyl (C=O) groups excluding carboxylic acids is 1. The molecule has 0 fully saturated rings. The van der Waals surface area contributed by atoms with Crippen molar-refractivity contribution in [1.82, 2.24) is 4.90 Å². The van der Waals surface area contributed by atoms with E-state index in [4.69, 9.17) is 9.47 Å². The molecule has 0 spiro atoms. The van der Waals surface area contributed by atoms with Gasteiger partial charge < -0.3 is 14.4 Å². The topological polar surface area (TPSA) is 38.8 Å². The van der Waals surface area contributed by atoms with E-state index in [0.29, 0.717) is 13.2 Å². The lowest BCUT2D eigenvalue weighted by Crippen LogP contribution is -2.41. The molecule has 0 atom stereocenters. The maximum atomic E-state index is 12.9. The summed E-state index contributed by atoms with van der Waals surface area (Å²) < 4.78 is 11.3. The molecule has 0 N–H and O–H groups in total. The molecule has 0 aliphatic carbocycles. The quantitative estimate of drug-likeness (QED) is 0.720. The monoisotopic (exact) mass is 349 g/mol. The predicted octanol–water partition coefficient (Wildman–Crippen LogP) is 3.10. The molecule has 0 radical (unpaired) electrons. The number of hydrogen-bond acceptors (Lipinski definition) is 4. The van der Waals surface area contributed by atoms with Crippen LogP contribution < -0.4 is 0 Å². The summed E-state index contributed by atoms with van der Waals surface area (Å²) in [6.07, 6.45) is 0. The van der Waals surface area contributed by atoms with Gasteiger partial charge in [0.2, 0.25) is 5.60 Å². The smallest absolute Gasteiger partial charge is 0.347 e. The normalized spacial score (nSPS) is 11.0. The predicted molar refractivity (Wildman–Crippen MR) is 97.4 cm³/mol. The van der Waals surface area contributed by atoms with Crippen LogP contribution in [0.4, 0.5) is 0 Å². The molecule has 4 nitrogen and oxygen atoms in total. The summed E-state index contributed by atoms with van der Waals surface area (Å²) in [6, 6.07) is 18.9. The summed E-state index contributed by atoms with van der Waals surface area (Å²) >= 11 is 0. The Morgan fingerprint density at radius 2 is 1.42 bits per heavy atom. The lowest BCUT2D eigenvalue weighted by Gasteiger charge is -2.31. The summed E-state index contributed by atoms with van der Waals surface area (Å²) in [5.41, 5.74) is 0.251. The molecule has 2 aromatic rings. The van der Waals surface area contributed by atoms with E-state index in [1.807, 2.05) is 79.7 Å². The van der Waals surface area contributed by atoms with Crippen molar-refractivity contribution in [3.63, 3.8) is 0 Å². The van der Waals surface area contributed by atoms with Crippen molar-refractivity contribution < 1.29 is 14.3 Å². The van der Waals surface area contributed by atoms with E-state index in [1.165, 1.54) is 7.11 Å². The first kappa shape index (κ1) is 20.2. The number of esters is 1. The lowest BCUT2D eigenvalue weighted by molar-refractivity contribution is -0.165. The Morgan fingerprint density at radius 1 is 0.958 bits per heavy atom. The van der Waals surface area contributed by atoms with Crippen molar-refractivity contribution in [3.05, 3.63) is 71.8 Å². The standard InChI is InChI=1S/C19H23NO3.ClH/c1-20(2)14-15-23-18(21)19(22-3,16-10-6-4-7-11-16)17-12-8-5-9-13-17;/h4-13H,14-15H2,1-3H3;1H. The van der Waals surface area contributed by atoms with E-state index in [1.54, 1.807) is 0 Å². The van der Waals surface area contributed by atoms with Crippen LogP contribution in [0.3, 0.4) is 0 Å². The highest BCUT2D eigenvalue weighted by Crippen LogP contribution is 2.34. The molecule has 24 heavy (non-hydrogen) atoms. The number of nitrogens with zero attached hydrogens (tertiary/aromatic N) is 1. The van der Waals surface area contributed by atoms with Gasteiger partial charge in [-0.15, -0.1) is 12.4 Å². The Morgan fingerprint density at radius 3 is 1.79 bits per heavy atom. The maximum absolute atomic E-state index is 12.9. The highest BCUT2D eigenvalue weighted by atomic mass is 35.5. The van der Waals surface area contributed by atoms with Gasteiger partial charge in [-0.3, -0.25) is 0 Å². The summed E-state index contributed by atoms with van der Waals surface area (Å²) in [5, 5.41) is 0. The Kier molecular flexibility index (Phi) is 7.92. The molecular weight excluding hydrogens is 326 g/mol. The summed E-state index contributed by atoms with van der Waals surface area (Å²) in [6.45, 7) is 0.978. The van der Waals surface area contributed by atoms with Crippen LogP contribution in [-0.2, 0) is 19.9 Å². The number of carbonyl (C=O) groups is 1. The van der Waals surface area contributed by atoms with Gasteiger partial charge in [0.05, 0.1) is 0 Å². The van der Waals surface area contributed by atoms with Gasteiger partial charge in [-0.05, 0) is 25.2 Å². The lowest BCUT2D eigenvalue weighted by atomic mass is 9.86. The van der Waals surface area contributed by atoms with Crippen molar-refractivity contribution in [2.24, 2.45) is 0 Å². The molecular formula is C19H24ClNO3. The fraction of sp³-hybridized carbons (Fsp3) is 0.316. The first-order chi connectivity index (χ1) is 11.1. The van der Waals surface area contributed by atoms with Crippen LogP contribution in [0.15, 0.2) is 60.7 Å². The fourth-order valence-corrected chi connectivity index (χ4v) is 2.49. The van der Waals surface area contributed by atoms with Crippen molar-refractivity contribution in [1.29, 1.82) is 0 Å². The van der Waals surface area contributed by atoms with Gasteiger partial charge in [0.1, 0.15) is 6.61 Å². The average Bonchev–Trinajstić information content (AvgIpc) is 2.58. The third kappa shape index (κ3) is 4.35. The molecule has 0 aliphatic rings. The van der Waals surface area contributed by atoms with Crippen molar-refractivity contribution in [2.75, 3.05) is 34.4 Å². The Labute approximate surface area is 149 Å². The first-order valence-electron chi connectivity index (χ1n) is 7.59. The molecule has 0 saturated heterocycles. The molecule has 0 amide bonds. The van der Waals surface area contributed by atoms with Crippen molar-refractivity contribution >= 4 is 18.4 Å². The van der Waals surface area contributed by atoms with E-state index in [2.05, 4.69) is 0 Å². The van der Waals surface area contributed by atoms with Gasteiger partial charge in [0.15, 0.2) is 0 Å². The summed E-state index contributed by atoms with van der Waals surface area (Å²) in [4.78, 5) is 14.9. The van der Waals surface area contributed by atoms with E-state index in [9.17, 15) is 4.79 Å². The summed E-state index contributed by atoms with van der Waals surface area (Å²) in [7, 11) is 5.41. The second kappa shape index (κ2) is 9.42. The number of ether oxygens (including phenoxy) is 2. The van der Waals surface area contributed by atoms with Gasteiger partial charge >= 0.3 is 5.97 Å². The van der Waals surface area contributed by atoms with Crippen LogP contribution in [0.2, 0.25) is 0 Å². The largest absolute Gasteiger partial charge is 0.462 e. The van der Waals surface area contributed by atoms with Crippen LogP contribution >= 0.6 is 12.4 Å². The molecule has 5 heteroatoms. The SMILES string of the molecule is COC(C(=O)OCCN(C)C)(c1ccccc1)c1ccccc1.Cl. The number of hydrogen-bond donors (Lipinski definition) is 0. The van der Waals surface area contributed by atoms with E-state index in [0.717, 1.165) is 11.1 Å². The highest BCUT2D eigenvalue weighted by Gasteiger charge is 2.44. The zero-order valence-electron chi connectivity index (χ0n) is 14.3. The summed E-state index contributed by atoms with van der Waals surface area (Å²) in [5.74, 6) is -0.403. The van der Waals surface area contributed by atoms with Gasteiger partial charge in [-0.25, -0.2) is 4.79 Å². The minimum atomic E-state index is -1.26. The van der Waals surface area contributed by atoms with E-state index >= 15 is 0 Å². The van der Waals surface area contributed by atoms with Crippen LogP contribution in [0.5, 0.6) is 0 Å². The van der Waals surface area contributed by atoms with Crippen molar-refractivity contribution in [3.8, 4) is 0 Å². The first-order valence-corrected chi connectivity index (χ1v) is 7.59. The fourth-order valence-electron chi connectivity index (χ4n) is 2.49. The minimum absolute atomic E-state index is 0. The average molecular weight is 350 g/mol. The van der Waals surface area contributed by atoms with Crippen LogP contribution in [0.25, 0.3) is 0 Å². The van der Waals surface area contributed by atoms with E-state index in [-0.39, 0.29) is 12.4 Å². The second-order valence-corrected chi connectivity index (χ2v) is 5.56. The molecule has 2 aromatic carbocycles. The Bertz CT molecular complexity index is 578. The number of benzene rings is 2. The maximum Gasteiger partial charge on any atom is 0.347 e. The minimum Gasteiger partial charge on any atom is -0.462 e. The number of halogens is 1. The molecule has 0 aliphatic heterocycles. The van der Waals surface area contributed by atoms with Gasteiger partial charge in [0, 0.05) is 13.7 Å². The van der Waals surface area contributed by atoms with Gasteiger partial charge in [0.25, 0.3) is 0 Å². The zero-order chi connectivity index (χ0) is 16.7. The third-order valence-corrected chi connectivity index (χ3v) is 3.73. The number of rotatable bonds is 7. The molecule has 0 unspecified atom stereocenters. The van der Waals surface area contributed by atoms with Gasteiger partial charge in [-0.1, -0.05) is 60.7 Å². The molecule has 2 rings (SSSR count). The van der Waals surface area contributed by atoms with Crippen molar-refractivity contribution in [2.45, 2.75) is 5.60 Å². The highest BCUT2D eigenvalue weighted by molar-refractivity contribution is 5.86. The van der Waals surface area contributed by atoms with Crippen LogP contribution in [0.1, 0.15) is 11.1 Å². The van der Waals surface area contributed by atoms with E-state index < -0.39 is 11.6 Å². The van der Waals surface area contributed by atoms with Crippen LogP contribution in [-0.4, -0.2) is 45.2 Å². The Balaban J connectivity index is 0.00000288. The third-order valence-electron chi connectivity index (χ3n) is 3.73. The molecule has 130 valence electrons.